The molecule has 0 saturated heterocycles. The smallest absolute Gasteiger partial charge is 0.130 e. The SMILES string of the molecule is C=CC(C)C(N)c1ccc(F)cc1F. The third-order valence-corrected chi connectivity index (χ3v) is 2.26. The zero-order valence-corrected chi connectivity index (χ0v) is 8.00. The molecule has 0 spiro atoms. The molecule has 1 rings (SSSR count). The van der Waals surface area contributed by atoms with Crippen LogP contribution < -0.4 is 5.73 Å². The molecule has 2 unspecified atom stereocenters. The first-order valence-corrected chi connectivity index (χ1v) is 4.39. The second-order valence-corrected chi connectivity index (χ2v) is 3.29. The van der Waals surface area contributed by atoms with E-state index in [4.69, 9.17) is 5.73 Å². The fourth-order valence-corrected chi connectivity index (χ4v) is 1.20. The Labute approximate surface area is 82.2 Å². The van der Waals surface area contributed by atoms with E-state index in [9.17, 15) is 8.78 Å². The van der Waals surface area contributed by atoms with Gasteiger partial charge < -0.3 is 5.73 Å². The minimum absolute atomic E-state index is 0.0463. The van der Waals surface area contributed by atoms with Gasteiger partial charge in [0.1, 0.15) is 11.6 Å². The van der Waals surface area contributed by atoms with Crippen molar-refractivity contribution in [1.29, 1.82) is 0 Å². The molecule has 3 heteroatoms. The molecule has 0 amide bonds. The summed E-state index contributed by atoms with van der Waals surface area (Å²) < 4.78 is 25.8. The first-order valence-electron chi connectivity index (χ1n) is 4.39. The molecule has 14 heavy (non-hydrogen) atoms. The Kier molecular flexibility index (Phi) is 3.36. The fraction of sp³-hybridized carbons (Fsp3) is 0.273. The van der Waals surface area contributed by atoms with Gasteiger partial charge in [-0.3, -0.25) is 0 Å². The van der Waals surface area contributed by atoms with E-state index in [0.29, 0.717) is 5.56 Å². The molecule has 2 N–H and O–H groups in total. The fourth-order valence-electron chi connectivity index (χ4n) is 1.20. The summed E-state index contributed by atoms with van der Waals surface area (Å²) in [7, 11) is 0. The minimum Gasteiger partial charge on any atom is -0.323 e. The maximum Gasteiger partial charge on any atom is 0.130 e. The number of halogens is 2. The first kappa shape index (κ1) is 10.9. The van der Waals surface area contributed by atoms with Crippen molar-refractivity contribution in [2.75, 3.05) is 0 Å². The van der Waals surface area contributed by atoms with E-state index in [-0.39, 0.29) is 5.92 Å². The largest absolute Gasteiger partial charge is 0.323 e. The second kappa shape index (κ2) is 4.33. The lowest BCUT2D eigenvalue weighted by molar-refractivity contribution is 0.511. The number of rotatable bonds is 3. The van der Waals surface area contributed by atoms with Crippen molar-refractivity contribution in [1.82, 2.24) is 0 Å². The summed E-state index contributed by atoms with van der Waals surface area (Å²) in [5, 5.41) is 0. The van der Waals surface area contributed by atoms with Crippen LogP contribution in [0.1, 0.15) is 18.5 Å². The quantitative estimate of drug-likeness (QED) is 0.741. The van der Waals surface area contributed by atoms with E-state index in [0.717, 1.165) is 6.07 Å². The van der Waals surface area contributed by atoms with Gasteiger partial charge in [-0.25, -0.2) is 8.78 Å². The summed E-state index contributed by atoms with van der Waals surface area (Å²) in [6, 6.07) is 2.93. The predicted octanol–water partition coefficient (Wildman–Crippen LogP) is 2.79. The van der Waals surface area contributed by atoms with E-state index in [1.165, 1.54) is 12.1 Å². The third-order valence-electron chi connectivity index (χ3n) is 2.26. The monoisotopic (exact) mass is 197 g/mol. The molecule has 1 aromatic rings. The van der Waals surface area contributed by atoms with Crippen LogP contribution in [0, 0.1) is 17.6 Å². The van der Waals surface area contributed by atoms with Gasteiger partial charge in [-0.05, 0) is 12.0 Å². The molecule has 0 aliphatic carbocycles. The summed E-state index contributed by atoms with van der Waals surface area (Å²) in [4.78, 5) is 0. The maximum atomic E-state index is 13.2. The van der Waals surface area contributed by atoms with E-state index in [1.807, 2.05) is 6.92 Å². The average molecular weight is 197 g/mol. The summed E-state index contributed by atoms with van der Waals surface area (Å²) in [5.74, 6) is -1.24. The lowest BCUT2D eigenvalue weighted by atomic mass is 9.95. The zero-order chi connectivity index (χ0) is 10.7. The molecule has 0 radical (unpaired) electrons. The van der Waals surface area contributed by atoms with Gasteiger partial charge in [-0.1, -0.05) is 19.1 Å². The maximum absolute atomic E-state index is 13.2. The van der Waals surface area contributed by atoms with E-state index < -0.39 is 17.7 Å². The molecule has 0 fully saturated rings. The van der Waals surface area contributed by atoms with Crippen LogP contribution in [0.2, 0.25) is 0 Å². The van der Waals surface area contributed by atoms with Crippen LogP contribution in [0.25, 0.3) is 0 Å². The number of benzene rings is 1. The first-order chi connectivity index (χ1) is 6.56. The van der Waals surface area contributed by atoms with Crippen LogP contribution in [0.5, 0.6) is 0 Å². The zero-order valence-electron chi connectivity index (χ0n) is 8.00. The van der Waals surface area contributed by atoms with Crippen molar-refractivity contribution in [2.45, 2.75) is 13.0 Å². The Morgan fingerprint density at radius 3 is 2.57 bits per heavy atom. The van der Waals surface area contributed by atoms with Crippen molar-refractivity contribution in [3.8, 4) is 0 Å². The molecule has 1 aromatic carbocycles. The Morgan fingerprint density at radius 2 is 2.07 bits per heavy atom. The molecule has 0 bridgehead atoms. The van der Waals surface area contributed by atoms with Crippen LogP contribution in [0.4, 0.5) is 8.78 Å². The van der Waals surface area contributed by atoms with E-state index >= 15 is 0 Å². The van der Waals surface area contributed by atoms with Crippen molar-refractivity contribution in [3.63, 3.8) is 0 Å². The Morgan fingerprint density at radius 1 is 1.43 bits per heavy atom. The number of hydrogen-bond donors (Lipinski definition) is 1. The standard InChI is InChI=1S/C11H13F2N/c1-3-7(2)11(14)9-5-4-8(12)6-10(9)13/h3-7,11H,1,14H2,2H3. The molecule has 76 valence electrons. The highest BCUT2D eigenvalue weighted by atomic mass is 19.1. The molecule has 0 aliphatic heterocycles. The van der Waals surface area contributed by atoms with Crippen LogP contribution in [-0.2, 0) is 0 Å². The van der Waals surface area contributed by atoms with Crippen LogP contribution in [0.3, 0.4) is 0 Å². The number of nitrogens with two attached hydrogens (primary N) is 1. The van der Waals surface area contributed by atoms with Crippen LogP contribution >= 0.6 is 0 Å². The lowest BCUT2D eigenvalue weighted by Crippen LogP contribution is -2.18. The average Bonchev–Trinajstić information content (AvgIpc) is 2.15. The summed E-state index contributed by atoms with van der Waals surface area (Å²) in [6.07, 6.45) is 1.65. The van der Waals surface area contributed by atoms with Crippen molar-refractivity contribution < 1.29 is 8.78 Å². The highest BCUT2D eigenvalue weighted by Gasteiger charge is 2.16. The van der Waals surface area contributed by atoms with Gasteiger partial charge in [0, 0.05) is 17.7 Å². The van der Waals surface area contributed by atoms with Gasteiger partial charge in [0.25, 0.3) is 0 Å². The minimum atomic E-state index is -0.605. The topological polar surface area (TPSA) is 26.0 Å². The Balaban J connectivity index is 3.01. The van der Waals surface area contributed by atoms with Crippen molar-refractivity contribution in [3.05, 3.63) is 48.1 Å². The van der Waals surface area contributed by atoms with Gasteiger partial charge in [-0.2, -0.15) is 0 Å². The molecular weight excluding hydrogens is 184 g/mol. The highest BCUT2D eigenvalue weighted by Crippen LogP contribution is 2.23. The van der Waals surface area contributed by atoms with Gasteiger partial charge in [0.2, 0.25) is 0 Å². The van der Waals surface area contributed by atoms with Gasteiger partial charge in [-0.15, -0.1) is 6.58 Å². The van der Waals surface area contributed by atoms with Crippen LogP contribution in [0.15, 0.2) is 30.9 Å². The predicted molar refractivity (Wildman–Crippen MR) is 52.6 cm³/mol. The molecule has 0 saturated carbocycles. The van der Waals surface area contributed by atoms with Crippen molar-refractivity contribution >= 4 is 0 Å². The molecule has 1 nitrogen and oxygen atoms in total. The second-order valence-electron chi connectivity index (χ2n) is 3.29. The Hall–Kier alpha value is -1.22. The third kappa shape index (κ3) is 2.17. The normalized spacial score (nSPS) is 14.9. The number of hydrogen-bond acceptors (Lipinski definition) is 1. The Bertz CT molecular complexity index is 336. The van der Waals surface area contributed by atoms with E-state index in [1.54, 1.807) is 6.08 Å². The van der Waals surface area contributed by atoms with Gasteiger partial charge >= 0.3 is 0 Å². The lowest BCUT2D eigenvalue weighted by Gasteiger charge is -2.17. The highest BCUT2D eigenvalue weighted by molar-refractivity contribution is 5.23. The molecule has 2 atom stereocenters. The van der Waals surface area contributed by atoms with Gasteiger partial charge in [0.15, 0.2) is 0 Å². The molecule has 0 aliphatic rings. The summed E-state index contributed by atoms with van der Waals surface area (Å²) in [5.41, 5.74) is 6.08. The van der Waals surface area contributed by atoms with Crippen LogP contribution in [-0.4, -0.2) is 0 Å². The van der Waals surface area contributed by atoms with E-state index in [2.05, 4.69) is 6.58 Å². The molecule has 0 heterocycles. The van der Waals surface area contributed by atoms with Gasteiger partial charge in [0.05, 0.1) is 0 Å². The van der Waals surface area contributed by atoms with Crippen molar-refractivity contribution in [2.24, 2.45) is 11.7 Å². The summed E-state index contributed by atoms with van der Waals surface area (Å²) in [6.45, 7) is 5.41. The molecular formula is C11H13F2N. The molecule has 0 aromatic heterocycles. The summed E-state index contributed by atoms with van der Waals surface area (Å²) >= 11 is 0.